The van der Waals surface area contributed by atoms with E-state index in [9.17, 15) is 10.2 Å². The van der Waals surface area contributed by atoms with E-state index >= 15 is 0 Å². The molecule has 0 fully saturated rings. The Morgan fingerprint density at radius 3 is 1.12 bits per heavy atom. The topological polar surface area (TPSA) is 40.5 Å². The highest BCUT2D eigenvalue weighted by Crippen LogP contribution is 2.27. The van der Waals surface area contributed by atoms with Gasteiger partial charge in [0.15, 0.2) is 0 Å². The third kappa shape index (κ3) is 3.18. The highest BCUT2D eigenvalue weighted by atomic mass is 16.3. The van der Waals surface area contributed by atoms with Crippen LogP contribution in [0.15, 0.2) is 24.3 Å². The van der Waals surface area contributed by atoms with Crippen molar-refractivity contribution in [2.75, 3.05) is 0 Å². The molecule has 4 aromatic carbocycles. The van der Waals surface area contributed by atoms with Crippen LogP contribution in [-0.2, 0) is 0 Å². The molecule has 2 N–H and O–H groups in total. The number of phenols is 2. The molecule has 2 nitrogen and oxygen atoms in total. The van der Waals surface area contributed by atoms with E-state index in [1.807, 2.05) is 26.0 Å². The molecule has 0 unspecified atom stereocenters. The average molecular weight is 423 g/mol. The predicted octanol–water partition coefficient (Wildman–Crippen LogP) is 4.34. The molecule has 4 rings (SSSR count). The molecule has 0 atom stereocenters. The molecule has 4 aromatic rings. The SMILES string of the molecule is C=c1c(C)c(O)c2cc(C)c(C)cc2c1=CC=c1c(=C)c(C)c(O)c2cc(C)c(C)cc12. The number of hydrogen-bond acceptors (Lipinski definition) is 2. The molecule has 0 aliphatic heterocycles. The standard InChI is InChI=1S/C30H30O2/c1-15-11-25-23(19(5)21(7)29(31)27(25)13-17(15)3)9-10-24-20(6)22(8)30(32)28-14-18(4)16(2)12-26(24)28/h9-14,31-32H,5-6H2,1-4,7-8H3. The van der Waals surface area contributed by atoms with E-state index in [1.165, 1.54) is 11.1 Å². The van der Waals surface area contributed by atoms with Gasteiger partial charge in [0.1, 0.15) is 11.5 Å². The lowest BCUT2D eigenvalue weighted by Crippen LogP contribution is -2.29. The summed E-state index contributed by atoms with van der Waals surface area (Å²) in [7, 11) is 0. The first-order valence-electron chi connectivity index (χ1n) is 10.9. The van der Waals surface area contributed by atoms with Crippen molar-refractivity contribution in [1.82, 2.24) is 0 Å². The Labute approximate surface area is 188 Å². The lowest BCUT2D eigenvalue weighted by molar-refractivity contribution is 0.476. The van der Waals surface area contributed by atoms with Gasteiger partial charge < -0.3 is 10.2 Å². The highest BCUT2D eigenvalue weighted by molar-refractivity contribution is 5.95. The summed E-state index contributed by atoms with van der Waals surface area (Å²) in [5.74, 6) is 0.584. The van der Waals surface area contributed by atoms with Gasteiger partial charge in [-0.1, -0.05) is 37.4 Å². The molecular formula is C30H30O2. The van der Waals surface area contributed by atoms with Gasteiger partial charge in [-0.2, -0.15) is 0 Å². The summed E-state index contributed by atoms with van der Waals surface area (Å²) >= 11 is 0. The first kappa shape index (κ1) is 21.7. The number of rotatable bonds is 1. The molecule has 0 bridgehead atoms. The first-order chi connectivity index (χ1) is 15.0. The maximum atomic E-state index is 10.8. The lowest BCUT2D eigenvalue weighted by atomic mass is 9.95. The van der Waals surface area contributed by atoms with Crippen LogP contribution in [0.2, 0.25) is 0 Å². The lowest BCUT2D eigenvalue weighted by Gasteiger charge is -2.11. The van der Waals surface area contributed by atoms with Crippen molar-refractivity contribution in [3.63, 3.8) is 0 Å². The fourth-order valence-electron chi connectivity index (χ4n) is 4.44. The van der Waals surface area contributed by atoms with E-state index in [-0.39, 0.29) is 0 Å². The number of hydrogen-bond donors (Lipinski definition) is 2. The third-order valence-electron chi connectivity index (χ3n) is 7.04. The van der Waals surface area contributed by atoms with Crippen LogP contribution in [0, 0.1) is 41.5 Å². The maximum Gasteiger partial charge on any atom is 0.126 e. The molecule has 0 saturated carbocycles. The van der Waals surface area contributed by atoms with Crippen molar-refractivity contribution in [3.05, 3.63) is 78.5 Å². The molecule has 0 amide bonds. The van der Waals surface area contributed by atoms with Gasteiger partial charge in [0.05, 0.1) is 0 Å². The van der Waals surface area contributed by atoms with E-state index in [0.29, 0.717) is 11.5 Å². The van der Waals surface area contributed by atoms with Gasteiger partial charge in [0.25, 0.3) is 0 Å². The fraction of sp³-hybridized carbons (Fsp3) is 0.200. The normalized spacial score (nSPS) is 12.9. The second-order valence-electron chi connectivity index (χ2n) is 9.03. The number of phenolic OH excluding ortho intramolecular Hbond substituents is 2. The zero-order valence-electron chi connectivity index (χ0n) is 19.8. The Morgan fingerprint density at radius 2 is 0.812 bits per heavy atom. The monoisotopic (exact) mass is 422 g/mol. The van der Waals surface area contributed by atoms with Crippen LogP contribution in [0.5, 0.6) is 11.5 Å². The second-order valence-corrected chi connectivity index (χ2v) is 9.03. The van der Waals surface area contributed by atoms with E-state index in [0.717, 1.165) is 64.7 Å². The number of fused-ring (bicyclic) bond motifs is 2. The average Bonchev–Trinajstić information content (AvgIpc) is 2.75. The summed E-state index contributed by atoms with van der Waals surface area (Å²) in [4.78, 5) is 0. The Bertz CT molecular complexity index is 1540. The Morgan fingerprint density at radius 1 is 0.531 bits per heavy atom. The Kier molecular flexibility index (Phi) is 5.13. The molecule has 0 saturated heterocycles. The largest absolute Gasteiger partial charge is 0.507 e. The molecule has 32 heavy (non-hydrogen) atoms. The van der Waals surface area contributed by atoms with Gasteiger partial charge in [0.2, 0.25) is 0 Å². The minimum absolute atomic E-state index is 0.292. The van der Waals surface area contributed by atoms with Crippen molar-refractivity contribution in [2.24, 2.45) is 0 Å². The van der Waals surface area contributed by atoms with Crippen LogP contribution >= 0.6 is 0 Å². The van der Waals surface area contributed by atoms with Gasteiger partial charge in [-0.25, -0.2) is 0 Å². The van der Waals surface area contributed by atoms with Crippen LogP contribution in [-0.4, -0.2) is 10.2 Å². The molecule has 0 radical (unpaired) electrons. The maximum absolute atomic E-state index is 10.8. The minimum atomic E-state index is 0.292. The summed E-state index contributed by atoms with van der Waals surface area (Å²) in [5.41, 5.74) is 6.20. The van der Waals surface area contributed by atoms with Crippen molar-refractivity contribution < 1.29 is 10.2 Å². The number of aryl methyl sites for hydroxylation is 4. The van der Waals surface area contributed by atoms with E-state index < -0.39 is 0 Å². The van der Waals surface area contributed by atoms with Gasteiger partial charge in [-0.3, -0.25) is 0 Å². The molecule has 0 heterocycles. The zero-order valence-corrected chi connectivity index (χ0v) is 19.8. The van der Waals surface area contributed by atoms with Crippen LogP contribution in [0.25, 0.3) is 46.9 Å². The minimum Gasteiger partial charge on any atom is -0.507 e. The predicted molar refractivity (Wildman–Crippen MR) is 138 cm³/mol. The molecule has 2 heteroatoms. The van der Waals surface area contributed by atoms with Crippen LogP contribution < -0.4 is 20.9 Å². The molecule has 0 aromatic heterocycles. The Hall–Kier alpha value is -3.52. The van der Waals surface area contributed by atoms with Crippen LogP contribution in [0.4, 0.5) is 0 Å². The van der Waals surface area contributed by atoms with Crippen LogP contribution in [0.1, 0.15) is 33.4 Å². The van der Waals surface area contributed by atoms with E-state index in [4.69, 9.17) is 0 Å². The van der Waals surface area contributed by atoms with E-state index in [2.05, 4.69) is 65.1 Å². The van der Waals surface area contributed by atoms with Gasteiger partial charge in [0, 0.05) is 10.8 Å². The summed E-state index contributed by atoms with van der Waals surface area (Å²) in [6.07, 6.45) is 4.14. The molecule has 162 valence electrons. The van der Waals surface area contributed by atoms with Crippen molar-refractivity contribution in [1.29, 1.82) is 0 Å². The fourth-order valence-corrected chi connectivity index (χ4v) is 4.44. The quantitative estimate of drug-likeness (QED) is 0.479. The summed E-state index contributed by atoms with van der Waals surface area (Å²) in [6, 6.07) is 8.33. The smallest absolute Gasteiger partial charge is 0.126 e. The molecule has 0 aliphatic carbocycles. The third-order valence-corrected chi connectivity index (χ3v) is 7.04. The summed E-state index contributed by atoms with van der Waals surface area (Å²) < 4.78 is 0. The molecule has 0 aliphatic rings. The van der Waals surface area contributed by atoms with E-state index in [1.54, 1.807) is 0 Å². The van der Waals surface area contributed by atoms with Crippen molar-refractivity contribution in [3.8, 4) is 11.5 Å². The summed E-state index contributed by atoms with van der Waals surface area (Å²) in [6.45, 7) is 20.6. The van der Waals surface area contributed by atoms with Crippen LogP contribution in [0.3, 0.4) is 0 Å². The first-order valence-corrected chi connectivity index (χ1v) is 10.9. The second kappa shape index (κ2) is 7.56. The van der Waals surface area contributed by atoms with Gasteiger partial charge in [-0.15, -0.1) is 0 Å². The Balaban J connectivity index is 2.22. The van der Waals surface area contributed by atoms with Crippen molar-refractivity contribution >= 4 is 46.9 Å². The summed E-state index contributed by atoms with van der Waals surface area (Å²) in [5, 5.41) is 28.8. The van der Waals surface area contributed by atoms with Gasteiger partial charge >= 0.3 is 0 Å². The zero-order chi connectivity index (χ0) is 23.5. The number of aromatic hydroxyl groups is 2. The van der Waals surface area contributed by atoms with Gasteiger partial charge in [-0.05, 0) is 119 Å². The molecule has 0 spiro atoms. The van der Waals surface area contributed by atoms with Crippen molar-refractivity contribution in [2.45, 2.75) is 41.5 Å². The number of benzene rings is 4. The highest BCUT2D eigenvalue weighted by Gasteiger charge is 2.11. The molecular weight excluding hydrogens is 392 g/mol.